The van der Waals surface area contributed by atoms with Crippen LogP contribution in [0.25, 0.3) is 0 Å². The fourth-order valence-corrected chi connectivity index (χ4v) is 2.04. The summed E-state index contributed by atoms with van der Waals surface area (Å²) in [6.45, 7) is 0. The van der Waals surface area contributed by atoms with Gasteiger partial charge in [0.25, 0.3) is 0 Å². The fraction of sp³-hybridized carbons (Fsp3) is 0.133. The number of benzene rings is 2. The summed E-state index contributed by atoms with van der Waals surface area (Å²) in [5.41, 5.74) is -0.485. The third-order valence-electron chi connectivity index (χ3n) is 2.83. The lowest BCUT2D eigenvalue weighted by atomic mass is 10.1. The van der Waals surface area contributed by atoms with Crippen molar-refractivity contribution in [3.05, 3.63) is 64.4 Å². The number of amides is 1. The Balaban J connectivity index is 2.10. The molecular formula is C15H10ClF4NO. The molecule has 0 aliphatic heterocycles. The zero-order chi connectivity index (χ0) is 16.3. The summed E-state index contributed by atoms with van der Waals surface area (Å²) in [6, 6.07) is 8.37. The summed E-state index contributed by atoms with van der Waals surface area (Å²) in [7, 11) is 0. The van der Waals surface area contributed by atoms with Crippen LogP contribution < -0.4 is 5.32 Å². The molecule has 0 aliphatic rings. The van der Waals surface area contributed by atoms with Crippen LogP contribution in [0.4, 0.5) is 23.2 Å². The van der Waals surface area contributed by atoms with E-state index in [1.807, 2.05) is 0 Å². The Hall–Kier alpha value is -2.08. The summed E-state index contributed by atoms with van der Waals surface area (Å²) in [4.78, 5) is 11.8. The first-order chi connectivity index (χ1) is 10.3. The molecule has 116 valence electrons. The minimum Gasteiger partial charge on any atom is -0.326 e. The minimum absolute atomic E-state index is 0.0103. The van der Waals surface area contributed by atoms with Crippen LogP contribution in [0.2, 0.25) is 5.02 Å². The van der Waals surface area contributed by atoms with Crippen LogP contribution in [0.1, 0.15) is 11.1 Å². The summed E-state index contributed by atoms with van der Waals surface area (Å²) >= 11 is 5.49. The highest BCUT2D eigenvalue weighted by atomic mass is 35.5. The number of anilines is 1. The van der Waals surface area contributed by atoms with Gasteiger partial charge in [0.05, 0.1) is 17.0 Å². The molecule has 2 nitrogen and oxygen atoms in total. The van der Waals surface area contributed by atoms with Gasteiger partial charge >= 0.3 is 6.18 Å². The zero-order valence-corrected chi connectivity index (χ0v) is 11.8. The summed E-state index contributed by atoms with van der Waals surface area (Å²) < 4.78 is 50.9. The maximum absolute atomic E-state index is 12.7. The van der Waals surface area contributed by atoms with Crippen molar-refractivity contribution in [3.8, 4) is 0 Å². The highest BCUT2D eigenvalue weighted by molar-refractivity contribution is 6.31. The Morgan fingerprint density at radius 2 is 1.73 bits per heavy atom. The highest BCUT2D eigenvalue weighted by Gasteiger charge is 2.33. The Morgan fingerprint density at radius 1 is 1.09 bits per heavy atom. The van der Waals surface area contributed by atoms with Gasteiger partial charge in [-0.3, -0.25) is 4.79 Å². The van der Waals surface area contributed by atoms with Crippen LogP contribution in [-0.2, 0) is 17.4 Å². The van der Waals surface area contributed by atoms with E-state index in [-0.39, 0.29) is 12.1 Å². The van der Waals surface area contributed by atoms with Gasteiger partial charge in [0.15, 0.2) is 0 Å². The van der Waals surface area contributed by atoms with Crippen molar-refractivity contribution in [2.45, 2.75) is 12.6 Å². The van der Waals surface area contributed by atoms with Gasteiger partial charge in [-0.1, -0.05) is 23.7 Å². The number of hydrogen-bond donors (Lipinski definition) is 1. The maximum atomic E-state index is 12.7. The van der Waals surface area contributed by atoms with Crippen molar-refractivity contribution in [2.75, 3.05) is 5.32 Å². The molecule has 7 heteroatoms. The third kappa shape index (κ3) is 4.21. The Kier molecular flexibility index (Phi) is 4.71. The Labute approximate surface area is 128 Å². The molecule has 2 rings (SSSR count). The summed E-state index contributed by atoms with van der Waals surface area (Å²) in [6.07, 6.45) is -4.68. The molecule has 2 aromatic rings. The molecule has 0 unspecified atom stereocenters. The lowest BCUT2D eigenvalue weighted by Crippen LogP contribution is -2.15. The molecule has 0 fully saturated rings. The van der Waals surface area contributed by atoms with Gasteiger partial charge in [0.1, 0.15) is 5.82 Å². The van der Waals surface area contributed by atoms with Crippen LogP contribution in [0, 0.1) is 5.82 Å². The number of rotatable bonds is 3. The molecule has 1 amide bonds. The van der Waals surface area contributed by atoms with Gasteiger partial charge in [-0.25, -0.2) is 4.39 Å². The normalized spacial score (nSPS) is 11.3. The average molecular weight is 332 g/mol. The number of carbonyl (C=O) groups excluding carboxylic acids is 1. The van der Waals surface area contributed by atoms with Crippen molar-refractivity contribution in [1.82, 2.24) is 0 Å². The third-order valence-corrected chi connectivity index (χ3v) is 3.16. The van der Waals surface area contributed by atoms with Crippen LogP contribution >= 0.6 is 11.6 Å². The molecule has 0 radical (unpaired) electrons. The smallest absolute Gasteiger partial charge is 0.326 e. The van der Waals surface area contributed by atoms with Crippen LogP contribution in [0.5, 0.6) is 0 Å². The fourth-order valence-electron chi connectivity index (χ4n) is 1.81. The maximum Gasteiger partial charge on any atom is 0.417 e. The Bertz CT molecular complexity index is 683. The average Bonchev–Trinajstić information content (AvgIpc) is 2.42. The van der Waals surface area contributed by atoms with E-state index in [0.717, 1.165) is 12.1 Å². The van der Waals surface area contributed by atoms with E-state index in [1.54, 1.807) is 0 Å². The molecule has 22 heavy (non-hydrogen) atoms. The molecule has 0 spiro atoms. The molecule has 0 aliphatic carbocycles. The number of hydrogen-bond acceptors (Lipinski definition) is 1. The van der Waals surface area contributed by atoms with E-state index in [1.165, 1.54) is 30.3 Å². The highest BCUT2D eigenvalue weighted by Crippen LogP contribution is 2.36. The van der Waals surface area contributed by atoms with Crippen LogP contribution in [0.15, 0.2) is 42.5 Å². The predicted molar refractivity (Wildman–Crippen MR) is 75.2 cm³/mol. The first kappa shape index (κ1) is 16.3. The number of carbonyl (C=O) groups is 1. The monoisotopic (exact) mass is 331 g/mol. The zero-order valence-electron chi connectivity index (χ0n) is 11.0. The number of nitrogens with one attached hydrogen (secondary N) is 1. The topological polar surface area (TPSA) is 29.1 Å². The van der Waals surface area contributed by atoms with Gasteiger partial charge in [-0.15, -0.1) is 0 Å². The lowest BCUT2D eigenvalue weighted by molar-refractivity contribution is -0.137. The van der Waals surface area contributed by atoms with Crippen molar-refractivity contribution >= 4 is 23.2 Å². The van der Waals surface area contributed by atoms with E-state index in [4.69, 9.17) is 11.6 Å². The Morgan fingerprint density at radius 3 is 2.32 bits per heavy atom. The van der Waals surface area contributed by atoms with E-state index in [9.17, 15) is 22.4 Å². The number of alkyl halides is 3. The van der Waals surface area contributed by atoms with E-state index < -0.39 is 28.5 Å². The van der Waals surface area contributed by atoms with Crippen molar-refractivity contribution < 1.29 is 22.4 Å². The quantitative estimate of drug-likeness (QED) is 0.813. The van der Waals surface area contributed by atoms with Crippen molar-refractivity contribution in [1.29, 1.82) is 0 Å². The van der Waals surface area contributed by atoms with Crippen molar-refractivity contribution in [3.63, 3.8) is 0 Å². The van der Waals surface area contributed by atoms with E-state index in [2.05, 4.69) is 5.32 Å². The standard InChI is InChI=1S/C15H10ClF4NO/c16-13-6-5-11(8-12(13)15(18,19)20)21-14(22)7-9-1-3-10(17)4-2-9/h1-6,8H,7H2,(H,21,22). The molecule has 0 bridgehead atoms. The molecular weight excluding hydrogens is 322 g/mol. The molecule has 0 saturated carbocycles. The van der Waals surface area contributed by atoms with E-state index >= 15 is 0 Å². The van der Waals surface area contributed by atoms with Gasteiger partial charge in [-0.2, -0.15) is 13.2 Å². The van der Waals surface area contributed by atoms with Gasteiger partial charge in [0, 0.05) is 5.69 Å². The summed E-state index contributed by atoms with van der Waals surface area (Å²) in [5.74, 6) is -0.946. The van der Waals surface area contributed by atoms with Crippen molar-refractivity contribution in [2.24, 2.45) is 0 Å². The predicted octanol–water partition coefficient (Wildman–Crippen LogP) is 4.68. The van der Waals surface area contributed by atoms with E-state index in [0.29, 0.717) is 5.56 Å². The molecule has 2 aromatic carbocycles. The minimum atomic E-state index is -4.60. The second kappa shape index (κ2) is 6.36. The molecule has 0 atom stereocenters. The lowest BCUT2D eigenvalue weighted by Gasteiger charge is -2.11. The van der Waals surface area contributed by atoms with Crippen LogP contribution in [0.3, 0.4) is 0 Å². The molecule has 0 saturated heterocycles. The first-order valence-electron chi connectivity index (χ1n) is 6.17. The second-order valence-corrected chi connectivity index (χ2v) is 4.95. The first-order valence-corrected chi connectivity index (χ1v) is 6.54. The summed E-state index contributed by atoms with van der Waals surface area (Å²) in [5, 5.41) is 1.91. The second-order valence-electron chi connectivity index (χ2n) is 4.54. The largest absolute Gasteiger partial charge is 0.417 e. The van der Waals surface area contributed by atoms with Gasteiger partial charge < -0.3 is 5.32 Å². The van der Waals surface area contributed by atoms with Gasteiger partial charge in [0.2, 0.25) is 5.91 Å². The molecule has 0 aromatic heterocycles. The van der Waals surface area contributed by atoms with Gasteiger partial charge in [-0.05, 0) is 35.9 Å². The molecule has 1 N–H and O–H groups in total. The molecule has 0 heterocycles. The van der Waals surface area contributed by atoms with Crippen LogP contribution in [-0.4, -0.2) is 5.91 Å². The SMILES string of the molecule is O=C(Cc1ccc(F)cc1)Nc1ccc(Cl)c(C(F)(F)F)c1. The number of halogens is 5.